The number of hydrogen-bond donors (Lipinski definition) is 0. The summed E-state index contributed by atoms with van der Waals surface area (Å²) in [6.07, 6.45) is 1.66. The smallest absolute Gasteiger partial charge is 0.369 e. The summed E-state index contributed by atoms with van der Waals surface area (Å²) in [5.41, 5.74) is -5.55. The maximum atomic E-state index is 13.4. The van der Waals surface area contributed by atoms with Crippen LogP contribution < -0.4 is 4.90 Å². The summed E-state index contributed by atoms with van der Waals surface area (Å²) in [5, 5.41) is 0. The normalized spacial score (nSPS) is 17.8. The lowest BCUT2D eigenvalue weighted by atomic mass is 10.2. The van der Waals surface area contributed by atoms with Gasteiger partial charge in [0.05, 0.1) is 5.69 Å². The number of benzene rings is 1. The van der Waals surface area contributed by atoms with Gasteiger partial charge < -0.3 is 9.80 Å². The van der Waals surface area contributed by atoms with Gasteiger partial charge in [-0.05, 0) is 44.1 Å². The zero-order chi connectivity index (χ0) is 18.0. The van der Waals surface area contributed by atoms with E-state index >= 15 is 0 Å². The van der Waals surface area contributed by atoms with Crippen LogP contribution in [0, 0.1) is 5.82 Å². The molecule has 0 atom stereocenters. The lowest BCUT2D eigenvalue weighted by molar-refractivity contribution is -0.0435. The molecule has 1 aliphatic heterocycles. The highest BCUT2D eigenvalue weighted by Crippen LogP contribution is 2.36. The first-order chi connectivity index (χ1) is 11.2. The zero-order valence-corrected chi connectivity index (χ0v) is 14.1. The molecule has 0 aromatic heterocycles. The maximum Gasteiger partial charge on any atom is 0.501 e. The summed E-state index contributed by atoms with van der Waals surface area (Å²) in [5.74, 6) is -1.01. The van der Waals surface area contributed by atoms with Gasteiger partial charge in [0.1, 0.15) is 10.7 Å². The predicted molar refractivity (Wildman–Crippen MR) is 83.2 cm³/mol. The van der Waals surface area contributed by atoms with Gasteiger partial charge in [-0.15, -0.1) is 0 Å². The molecule has 0 aliphatic carbocycles. The van der Waals surface area contributed by atoms with Gasteiger partial charge in [-0.3, -0.25) is 0 Å². The van der Waals surface area contributed by atoms with Crippen molar-refractivity contribution in [3.8, 4) is 0 Å². The maximum absolute atomic E-state index is 13.4. The van der Waals surface area contributed by atoms with E-state index < -0.39 is 26.1 Å². The van der Waals surface area contributed by atoms with Gasteiger partial charge in [0.15, 0.2) is 0 Å². The Balaban J connectivity index is 2.38. The lowest BCUT2D eigenvalue weighted by Gasteiger charge is -2.26. The number of nitrogens with zero attached hydrogens (tertiary/aromatic N) is 2. The molecule has 0 spiro atoms. The summed E-state index contributed by atoms with van der Waals surface area (Å²) in [6, 6.07) is 2.55. The molecule has 0 unspecified atom stereocenters. The predicted octanol–water partition coefficient (Wildman–Crippen LogP) is 3.04. The average molecular weight is 368 g/mol. The Labute approximate surface area is 139 Å². The molecule has 1 fully saturated rings. The van der Waals surface area contributed by atoms with E-state index in [1.54, 1.807) is 4.90 Å². The first kappa shape index (κ1) is 19.0. The average Bonchev–Trinajstić information content (AvgIpc) is 2.72. The van der Waals surface area contributed by atoms with Crippen LogP contribution in [-0.4, -0.2) is 51.5 Å². The van der Waals surface area contributed by atoms with Crippen LogP contribution >= 0.6 is 0 Å². The molecule has 1 aromatic rings. The number of sulfone groups is 1. The van der Waals surface area contributed by atoms with E-state index in [4.69, 9.17) is 0 Å². The minimum atomic E-state index is -5.61. The molecule has 9 heteroatoms. The highest BCUT2D eigenvalue weighted by Gasteiger charge is 2.48. The molecular formula is C15H20F4N2O2S. The fraction of sp³-hybridized carbons (Fsp3) is 0.600. The Kier molecular flexibility index (Phi) is 5.74. The van der Waals surface area contributed by atoms with Crippen molar-refractivity contribution in [3.63, 3.8) is 0 Å². The highest BCUT2D eigenvalue weighted by molar-refractivity contribution is 7.92. The molecule has 0 radical (unpaired) electrons. The molecule has 2 rings (SSSR count). The van der Waals surface area contributed by atoms with E-state index in [-0.39, 0.29) is 5.69 Å². The van der Waals surface area contributed by atoms with Gasteiger partial charge in [0.25, 0.3) is 9.84 Å². The van der Waals surface area contributed by atoms with Gasteiger partial charge in [-0.1, -0.05) is 6.92 Å². The Hall–Kier alpha value is -1.35. The largest absolute Gasteiger partial charge is 0.501 e. The van der Waals surface area contributed by atoms with Gasteiger partial charge in [0.2, 0.25) is 0 Å². The third-order valence-electron chi connectivity index (χ3n) is 3.99. The Bertz CT molecular complexity index is 677. The Morgan fingerprint density at radius 2 is 1.83 bits per heavy atom. The number of anilines is 1. The highest BCUT2D eigenvalue weighted by atomic mass is 32.2. The second-order valence-corrected chi connectivity index (χ2v) is 7.65. The molecule has 0 amide bonds. The summed E-state index contributed by atoms with van der Waals surface area (Å²) >= 11 is 0. The van der Waals surface area contributed by atoms with E-state index in [0.717, 1.165) is 31.6 Å². The van der Waals surface area contributed by atoms with Crippen molar-refractivity contribution in [1.29, 1.82) is 0 Å². The van der Waals surface area contributed by atoms with Crippen LogP contribution in [0.15, 0.2) is 23.1 Å². The van der Waals surface area contributed by atoms with E-state index in [1.165, 1.54) is 0 Å². The monoisotopic (exact) mass is 368 g/mol. The first-order valence-corrected chi connectivity index (χ1v) is 9.23. The summed E-state index contributed by atoms with van der Waals surface area (Å²) in [4.78, 5) is 2.76. The van der Waals surface area contributed by atoms with Crippen molar-refractivity contribution >= 4 is 15.5 Å². The number of alkyl halides is 3. The van der Waals surface area contributed by atoms with Gasteiger partial charge in [0, 0.05) is 19.6 Å². The van der Waals surface area contributed by atoms with Crippen molar-refractivity contribution in [1.82, 2.24) is 4.90 Å². The molecule has 1 saturated heterocycles. The molecule has 4 nitrogen and oxygen atoms in total. The summed E-state index contributed by atoms with van der Waals surface area (Å²) in [7, 11) is -5.61. The Morgan fingerprint density at radius 1 is 1.12 bits per heavy atom. The second kappa shape index (κ2) is 7.26. The lowest BCUT2D eigenvalue weighted by Crippen LogP contribution is -2.33. The van der Waals surface area contributed by atoms with Crippen molar-refractivity contribution in [3.05, 3.63) is 24.0 Å². The van der Waals surface area contributed by atoms with Crippen LogP contribution in [0.2, 0.25) is 0 Å². The zero-order valence-electron chi connectivity index (χ0n) is 13.3. The molecule has 0 bridgehead atoms. The fourth-order valence-electron chi connectivity index (χ4n) is 2.84. The third kappa shape index (κ3) is 4.00. The van der Waals surface area contributed by atoms with Crippen molar-refractivity contribution < 1.29 is 26.0 Å². The second-order valence-electron chi connectivity index (χ2n) is 5.74. The van der Waals surface area contributed by atoms with Crippen LogP contribution in [0.3, 0.4) is 0 Å². The van der Waals surface area contributed by atoms with Gasteiger partial charge >= 0.3 is 5.51 Å². The SMILES string of the molecule is CCCN1CCCN(c2ccc(F)cc2S(=O)(=O)C(F)(F)F)CC1. The van der Waals surface area contributed by atoms with Crippen LogP contribution in [0.1, 0.15) is 19.8 Å². The molecule has 1 aromatic carbocycles. The first-order valence-electron chi connectivity index (χ1n) is 7.75. The van der Waals surface area contributed by atoms with E-state index in [9.17, 15) is 26.0 Å². The minimum absolute atomic E-state index is 0.0907. The number of halogens is 4. The van der Waals surface area contributed by atoms with Crippen LogP contribution in [-0.2, 0) is 9.84 Å². The minimum Gasteiger partial charge on any atom is -0.369 e. The number of rotatable bonds is 4. The number of hydrogen-bond acceptors (Lipinski definition) is 4. The van der Waals surface area contributed by atoms with Crippen molar-refractivity contribution in [2.75, 3.05) is 37.6 Å². The molecular weight excluding hydrogens is 348 g/mol. The van der Waals surface area contributed by atoms with E-state index in [0.29, 0.717) is 32.1 Å². The fourth-order valence-corrected chi connectivity index (χ4v) is 3.83. The standard InChI is InChI=1S/C15H20F4N2O2S/c1-2-6-20-7-3-8-21(10-9-20)13-5-4-12(16)11-14(13)24(22,23)15(17,18)19/h4-5,11H,2-3,6-10H2,1H3. The van der Waals surface area contributed by atoms with E-state index in [2.05, 4.69) is 4.90 Å². The van der Waals surface area contributed by atoms with E-state index in [1.807, 2.05) is 6.92 Å². The molecule has 0 N–H and O–H groups in total. The Morgan fingerprint density at radius 3 is 2.46 bits per heavy atom. The molecule has 136 valence electrons. The quantitative estimate of drug-likeness (QED) is 0.766. The topological polar surface area (TPSA) is 40.6 Å². The van der Waals surface area contributed by atoms with Crippen LogP contribution in [0.4, 0.5) is 23.2 Å². The summed E-state index contributed by atoms with van der Waals surface area (Å²) < 4.78 is 75.7. The molecule has 24 heavy (non-hydrogen) atoms. The van der Waals surface area contributed by atoms with Crippen LogP contribution in [0.5, 0.6) is 0 Å². The van der Waals surface area contributed by atoms with Gasteiger partial charge in [-0.2, -0.15) is 13.2 Å². The molecule has 1 heterocycles. The van der Waals surface area contributed by atoms with Gasteiger partial charge in [-0.25, -0.2) is 12.8 Å². The summed E-state index contributed by atoms with van der Waals surface area (Å²) in [6.45, 7) is 5.16. The van der Waals surface area contributed by atoms with Crippen molar-refractivity contribution in [2.24, 2.45) is 0 Å². The molecule has 1 aliphatic rings. The van der Waals surface area contributed by atoms with Crippen molar-refractivity contribution in [2.45, 2.75) is 30.2 Å². The van der Waals surface area contributed by atoms with Crippen LogP contribution in [0.25, 0.3) is 0 Å². The third-order valence-corrected chi connectivity index (χ3v) is 5.50. The molecule has 0 saturated carbocycles.